The van der Waals surface area contributed by atoms with Gasteiger partial charge in [-0.2, -0.15) is 0 Å². The molecule has 0 atom stereocenters. The number of carboxylic acids is 6. The highest BCUT2D eigenvalue weighted by Crippen LogP contribution is 2.18. The molecule has 4 aromatic rings. The lowest BCUT2D eigenvalue weighted by Gasteiger charge is -2.05. The van der Waals surface area contributed by atoms with E-state index in [0.29, 0.717) is 16.7 Å². The predicted molar refractivity (Wildman–Crippen MR) is 190 cm³/mol. The van der Waals surface area contributed by atoms with Crippen molar-refractivity contribution in [3.63, 3.8) is 0 Å². The van der Waals surface area contributed by atoms with Gasteiger partial charge in [0.05, 0.1) is 33.4 Å². The maximum atomic E-state index is 10.8. The van der Waals surface area contributed by atoms with E-state index in [-0.39, 0.29) is 16.7 Å². The summed E-state index contributed by atoms with van der Waals surface area (Å²) >= 11 is 0. The Bertz CT molecular complexity index is 1700. The van der Waals surface area contributed by atoms with Crippen LogP contribution in [0.3, 0.4) is 0 Å². The molecule has 0 aliphatic heterocycles. The summed E-state index contributed by atoms with van der Waals surface area (Å²) in [7, 11) is 0. The van der Waals surface area contributed by atoms with Crippen LogP contribution in [-0.2, 0) is 0 Å². The summed E-state index contributed by atoms with van der Waals surface area (Å²) in [5.74, 6) is -6.65. The lowest BCUT2D eigenvalue weighted by molar-refractivity contribution is 0.0674. The third-order valence-electron chi connectivity index (χ3n) is 7.35. The van der Waals surface area contributed by atoms with Gasteiger partial charge in [0.25, 0.3) is 0 Å². The molecule has 0 saturated carbocycles. The molecule has 0 aliphatic carbocycles. The summed E-state index contributed by atoms with van der Waals surface area (Å²) in [6, 6.07) is 14.0. The minimum absolute atomic E-state index is 0.368. The van der Waals surface area contributed by atoms with Gasteiger partial charge in [-0.1, -0.05) is 53.1 Å². The van der Waals surface area contributed by atoms with E-state index < -0.39 is 35.8 Å². The summed E-state index contributed by atoms with van der Waals surface area (Å²) in [5.41, 5.74) is 8.51. The molecule has 4 rings (SSSR count). The third-order valence-corrected chi connectivity index (χ3v) is 7.35. The second-order valence-electron chi connectivity index (χ2n) is 12.0. The van der Waals surface area contributed by atoms with Crippen LogP contribution in [0, 0.1) is 62.3 Å². The van der Waals surface area contributed by atoms with E-state index in [1.165, 1.54) is 0 Å². The Morgan fingerprint density at radius 2 is 0.451 bits per heavy atom. The lowest BCUT2D eigenvalue weighted by atomic mass is 10.0. The van der Waals surface area contributed by atoms with Crippen LogP contribution in [0.5, 0.6) is 0 Å². The SMILES string of the molecule is Cc1cc(C)c(C(=O)O)c(C)c1.Cc1cc(C)c(C(=O)O)c(C)c1.Cc1cc(C)c(C(=O)O)c(C)c1.O=C(O)c1cc(C(=O)O)cc(C(=O)O)c1. The van der Waals surface area contributed by atoms with Crippen molar-refractivity contribution in [2.75, 3.05) is 0 Å². The standard InChI is InChI=1S/3C10H12O2.C9H6O6/c3*1-6-4-7(2)9(10(11)12)8(3)5-6;10-7(11)4-1-5(8(12)13)3-6(2-4)9(14)15/h3*4-5H,1-3H3,(H,11,12);1-3H,(H,10,11)(H,12,13)(H,14,15). The average Bonchev–Trinajstić information content (AvgIpc) is 2.95. The molecule has 0 saturated heterocycles. The maximum absolute atomic E-state index is 10.8. The highest BCUT2D eigenvalue weighted by atomic mass is 16.4. The molecule has 0 spiro atoms. The maximum Gasteiger partial charge on any atom is 0.336 e. The molecule has 4 aromatic carbocycles. The number of hydrogen-bond donors (Lipinski definition) is 6. The number of rotatable bonds is 6. The molecule has 0 radical (unpaired) electrons. The summed E-state index contributed by atoms with van der Waals surface area (Å²) in [6.45, 7) is 16.8. The highest BCUT2D eigenvalue weighted by molar-refractivity contribution is 5.99. The monoisotopic (exact) mass is 702 g/mol. The van der Waals surface area contributed by atoms with Gasteiger partial charge in [-0.25, -0.2) is 28.8 Å². The van der Waals surface area contributed by atoms with E-state index >= 15 is 0 Å². The number of carbonyl (C=O) groups is 6. The summed E-state index contributed by atoms with van der Waals surface area (Å²) in [6.07, 6.45) is 0. The summed E-state index contributed by atoms with van der Waals surface area (Å²) in [4.78, 5) is 64.0. The Balaban J connectivity index is 0.000000342. The Morgan fingerprint density at radius 3 is 0.569 bits per heavy atom. The van der Waals surface area contributed by atoms with Crippen LogP contribution >= 0.6 is 0 Å². The zero-order valence-electron chi connectivity index (χ0n) is 29.8. The first kappa shape index (κ1) is 42.7. The van der Waals surface area contributed by atoms with Crippen molar-refractivity contribution in [1.82, 2.24) is 0 Å². The first-order valence-corrected chi connectivity index (χ1v) is 15.3. The van der Waals surface area contributed by atoms with Crippen LogP contribution in [-0.4, -0.2) is 66.5 Å². The molecule has 0 fully saturated rings. The first-order chi connectivity index (χ1) is 23.5. The minimum Gasteiger partial charge on any atom is -0.478 e. The van der Waals surface area contributed by atoms with Crippen molar-refractivity contribution >= 4 is 35.8 Å². The van der Waals surface area contributed by atoms with Crippen LogP contribution in [0.4, 0.5) is 0 Å². The van der Waals surface area contributed by atoms with E-state index in [1.807, 2.05) is 98.7 Å². The van der Waals surface area contributed by atoms with Crippen molar-refractivity contribution in [2.45, 2.75) is 62.3 Å². The van der Waals surface area contributed by atoms with Crippen molar-refractivity contribution in [3.8, 4) is 0 Å². The fourth-order valence-electron chi connectivity index (χ4n) is 5.55. The number of benzene rings is 4. The Labute approximate surface area is 295 Å². The number of carboxylic acid groups (broad SMARTS) is 6. The second-order valence-corrected chi connectivity index (χ2v) is 12.0. The van der Waals surface area contributed by atoms with E-state index in [2.05, 4.69) is 0 Å². The smallest absolute Gasteiger partial charge is 0.336 e. The van der Waals surface area contributed by atoms with Crippen LogP contribution in [0.2, 0.25) is 0 Å². The first-order valence-electron chi connectivity index (χ1n) is 15.3. The van der Waals surface area contributed by atoms with E-state index in [4.69, 9.17) is 30.6 Å². The summed E-state index contributed by atoms with van der Waals surface area (Å²) in [5, 5.41) is 52.3. The van der Waals surface area contributed by atoms with Crippen LogP contribution in [0.1, 0.15) is 112 Å². The van der Waals surface area contributed by atoms with Gasteiger partial charge in [-0.15, -0.1) is 0 Å². The van der Waals surface area contributed by atoms with Gasteiger partial charge < -0.3 is 30.6 Å². The molecule has 0 bridgehead atoms. The second kappa shape index (κ2) is 18.5. The highest BCUT2D eigenvalue weighted by Gasteiger charge is 2.15. The largest absolute Gasteiger partial charge is 0.478 e. The van der Waals surface area contributed by atoms with Crippen molar-refractivity contribution in [1.29, 1.82) is 0 Å². The van der Waals surface area contributed by atoms with Gasteiger partial charge in [-0.05, 0) is 114 Å². The molecule has 12 heteroatoms. The molecule has 0 amide bonds. The average molecular weight is 703 g/mol. The molecular formula is C39H42O12. The van der Waals surface area contributed by atoms with Crippen LogP contribution in [0.15, 0.2) is 54.6 Å². The molecule has 270 valence electrons. The van der Waals surface area contributed by atoms with Crippen LogP contribution < -0.4 is 0 Å². The topological polar surface area (TPSA) is 224 Å². The van der Waals surface area contributed by atoms with Gasteiger partial charge in [0, 0.05) is 0 Å². The van der Waals surface area contributed by atoms with Crippen molar-refractivity contribution < 1.29 is 59.4 Å². The van der Waals surface area contributed by atoms with E-state index in [0.717, 1.165) is 68.3 Å². The number of aryl methyl sites for hydroxylation is 9. The fraction of sp³-hybridized carbons (Fsp3) is 0.231. The van der Waals surface area contributed by atoms with Crippen molar-refractivity contribution in [3.05, 3.63) is 138 Å². The zero-order valence-corrected chi connectivity index (χ0v) is 29.8. The molecule has 0 aromatic heterocycles. The number of hydrogen-bond acceptors (Lipinski definition) is 6. The Kier molecular flexibility index (Phi) is 15.5. The van der Waals surface area contributed by atoms with Gasteiger partial charge in [0.1, 0.15) is 0 Å². The lowest BCUT2D eigenvalue weighted by Crippen LogP contribution is -2.07. The molecule has 0 aliphatic rings. The minimum atomic E-state index is -1.37. The van der Waals surface area contributed by atoms with Crippen LogP contribution in [0.25, 0.3) is 0 Å². The molecule has 12 nitrogen and oxygen atoms in total. The Hall–Kier alpha value is -6.30. The number of aromatic carboxylic acids is 6. The zero-order chi connectivity index (χ0) is 39.5. The molecule has 51 heavy (non-hydrogen) atoms. The molecule has 6 N–H and O–H groups in total. The molecule has 0 heterocycles. The van der Waals surface area contributed by atoms with Gasteiger partial charge in [-0.3, -0.25) is 0 Å². The fourth-order valence-corrected chi connectivity index (χ4v) is 5.55. The van der Waals surface area contributed by atoms with Gasteiger partial charge in [0.15, 0.2) is 0 Å². The summed E-state index contributed by atoms with van der Waals surface area (Å²) < 4.78 is 0. The molecular weight excluding hydrogens is 660 g/mol. The Morgan fingerprint density at radius 1 is 0.294 bits per heavy atom. The van der Waals surface area contributed by atoms with Gasteiger partial charge >= 0.3 is 35.8 Å². The van der Waals surface area contributed by atoms with E-state index in [9.17, 15) is 28.8 Å². The van der Waals surface area contributed by atoms with E-state index in [1.54, 1.807) is 0 Å². The third kappa shape index (κ3) is 12.6. The normalized spacial score (nSPS) is 9.82. The molecule has 0 unspecified atom stereocenters. The van der Waals surface area contributed by atoms with Crippen molar-refractivity contribution in [2.24, 2.45) is 0 Å². The predicted octanol–water partition coefficient (Wildman–Crippen LogP) is 7.71. The quantitative estimate of drug-likeness (QED) is 0.114. The van der Waals surface area contributed by atoms with Gasteiger partial charge in [0.2, 0.25) is 0 Å².